The van der Waals surface area contributed by atoms with Gasteiger partial charge in [0.15, 0.2) is 0 Å². The van der Waals surface area contributed by atoms with E-state index in [2.05, 4.69) is 10.4 Å². The topological polar surface area (TPSA) is 72.9 Å². The van der Waals surface area contributed by atoms with Crippen LogP contribution >= 0.6 is 0 Å². The summed E-state index contributed by atoms with van der Waals surface area (Å²) >= 11 is 0. The number of nitrogens with zero attached hydrogens (tertiary/aromatic N) is 2. The second-order valence-electron chi connectivity index (χ2n) is 4.52. The Bertz CT molecular complexity index is 535. The first-order chi connectivity index (χ1) is 9.15. The smallest absolute Gasteiger partial charge is 0.222 e. The van der Waals surface area contributed by atoms with Crippen LogP contribution < -0.4 is 11.1 Å². The number of carbonyl (C=O) groups is 1. The monoisotopic (exact) mass is 258 g/mol. The molecule has 0 spiro atoms. The van der Waals surface area contributed by atoms with Gasteiger partial charge in [-0.1, -0.05) is 30.3 Å². The maximum Gasteiger partial charge on any atom is 0.222 e. The largest absolute Gasteiger partial charge is 0.352 e. The average Bonchev–Trinajstić information content (AvgIpc) is 2.83. The van der Waals surface area contributed by atoms with E-state index in [9.17, 15) is 4.79 Å². The van der Waals surface area contributed by atoms with E-state index in [1.54, 1.807) is 10.9 Å². The number of hydrogen-bond donors (Lipinski definition) is 2. The maximum atomic E-state index is 11.8. The third-order valence-electron chi connectivity index (χ3n) is 2.88. The van der Waals surface area contributed by atoms with E-state index >= 15 is 0 Å². The van der Waals surface area contributed by atoms with E-state index in [1.807, 2.05) is 43.6 Å². The van der Waals surface area contributed by atoms with Gasteiger partial charge in [-0.25, -0.2) is 0 Å². The number of carbonyl (C=O) groups excluding carboxylic acids is 1. The van der Waals surface area contributed by atoms with Crippen molar-refractivity contribution in [2.75, 3.05) is 0 Å². The number of nitrogens with one attached hydrogen (secondary N) is 1. The van der Waals surface area contributed by atoms with Crippen LogP contribution in [0.5, 0.6) is 0 Å². The molecule has 2 rings (SSSR count). The molecule has 0 aliphatic heterocycles. The summed E-state index contributed by atoms with van der Waals surface area (Å²) in [6, 6.07) is 9.36. The highest BCUT2D eigenvalue weighted by Gasteiger charge is 2.11. The van der Waals surface area contributed by atoms with Crippen molar-refractivity contribution < 1.29 is 4.79 Å². The first-order valence-corrected chi connectivity index (χ1v) is 6.20. The Labute approximate surface area is 112 Å². The molecule has 1 aromatic heterocycles. The molecule has 19 heavy (non-hydrogen) atoms. The summed E-state index contributed by atoms with van der Waals surface area (Å²) in [5.74, 6) is -0.0554. The third-order valence-corrected chi connectivity index (χ3v) is 2.88. The quantitative estimate of drug-likeness (QED) is 0.844. The van der Waals surface area contributed by atoms with Gasteiger partial charge in [-0.2, -0.15) is 5.10 Å². The second-order valence-corrected chi connectivity index (χ2v) is 4.52. The molecule has 1 amide bonds. The molecule has 5 heteroatoms. The molecule has 0 aliphatic carbocycles. The van der Waals surface area contributed by atoms with Crippen molar-refractivity contribution in [3.05, 3.63) is 53.9 Å². The molecular formula is C14H18N4O. The molecule has 1 aromatic carbocycles. The van der Waals surface area contributed by atoms with Gasteiger partial charge in [0.1, 0.15) is 0 Å². The fourth-order valence-corrected chi connectivity index (χ4v) is 1.85. The van der Waals surface area contributed by atoms with E-state index in [4.69, 9.17) is 5.73 Å². The number of amides is 1. The molecule has 100 valence electrons. The van der Waals surface area contributed by atoms with E-state index < -0.39 is 0 Å². The summed E-state index contributed by atoms with van der Waals surface area (Å²) in [6.45, 7) is 0.480. The lowest BCUT2D eigenvalue weighted by Gasteiger charge is -2.11. The van der Waals surface area contributed by atoms with Crippen molar-refractivity contribution in [1.29, 1.82) is 0 Å². The molecule has 0 aliphatic rings. The standard InChI is InChI=1S/C14H18N4O/c1-18-10-11(9-17-18)8-16-14(19)7-13(15)12-5-3-2-4-6-12/h2-6,9-10,13H,7-8,15H2,1H3,(H,16,19). The lowest BCUT2D eigenvalue weighted by atomic mass is 10.0. The Balaban J connectivity index is 1.81. The molecule has 3 N–H and O–H groups in total. The zero-order valence-corrected chi connectivity index (χ0v) is 10.9. The Morgan fingerprint density at radius 3 is 2.79 bits per heavy atom. The van der Waals surface area contributed by atoms with Crippen LogP contribution in [0.3, 0.4) is 0 Å². The minimum Gasteiger partial charge on any atom is -0.352 e. The predicted octanol–water partition coefficient (Wildman–Crippen LogP) is 1.13. The van der Waals surface area contributed by atoms with Crippen molar-refractivity contribution in [1.82, 2.24) is 15.1 Å². The van der Waals surface area contributed by atoms with Crippen LogP contribution in [0.15, 0.2) is 42.7 Å². The Morgan fingerprint density at radius 1 is 1.42 bits per heavy atom. The molecular weight excluding hydrogens is 240 g/mol. The minimum atomic E-state index is -0.268. The highest BCUT2D eigenvalue weighted by molar-refractivity contribution is 5.76. The van der Waals surface area contributed by atoms with E-state index in [-0.39, 0.29) is 18.4 Å². The third kappa shape index (κ3) is 3.93. The molecule has 1 unspecified atom stereocenters. The Morgan fingerprint density at radius 2 is 2.16 bits per heavy atom. The molecule has 5 nitrogen and oxygen atoms in total. The lowest BCUT2D eigenvalue weighted by molar-refractivity contribution is -0.121. The molecule has 0 bridgehead atoms. The normalized spacial score (nSPS) is 12.1. The average molecular weight is 258 g/mol. The van der Waals surface area contributed by atoms with Crippen molar-refractivity contribution in [2.45, 2.75) is 19.0 Å². The van der Waals surface area contributed by atoms with Gasteiger partial charge in [0.05, 0.1) is 6.20 Å². The summed E-state index contributed by atoms with van der Waals surface area (Å²) in [6.07, 6.45) is 3.89. The molecule has 1 atom stereocenters. The van der Waals surface area contributed by atoms with Gasteiger partial charge >= 0.3 is 0 Å². The second kappa shape index (κ2) is 6.15. The Kier molecular flexibility index (Phi) is 4.30. The Hall–Kier alpha value is -2.14. The van der Waals surface area contributed by atoms with Crippen LogP contribution in [-0.2, 0) is 18.4 Å². The van der Waals surface area contributed by atoms with E-state index in [0.717, 1.165) is 11.1 Å². The predicted molar refractivity (Wildman–Crippen MR) is 73.0 cm³/mol. The highest BCUT2D eigenvalue weighted by atomic mass is 16.1. The van der Waals surface area contributed by atoms with Gasteiger partial charge in [-0.15, -0.1) is 0 Å². The molecule has 0 radical (unpaired) electrons. The fraction of sp³-hybridized carbons (Fsp3) is 0.286. The van der Waals surface area contributed by atoms with Gasteiger partial charge in [0.25, 0.3) is 0 Å². The first-order valence-electron chi connectivity index (χ1n) is 6.20. The van der Waals surface area contributed by atoms with Gasteiger partial charge in [0, 0.05) is 37.8 Å². The zero-order chi connectivity index (χ0) is 13.7. The summed E-state index contributed by atoms with van der Waals surface area (Å²) in [4.78, 5) is 11.8. The number of rotatable bonds is 5. The number of hydrogen-bond acceptors (Lipinski definition) is 3. The van der Waals surface area contributed by atoms with Crippen molar-refractivity contribution in [3.63, 3.8) is 0 Å². The van der Waals surface area contributed by atoms with Crippen LogP contribution in [0, 0.1) is 0 Å². The number of aryl methyl sites for hydroxylation is 1. The summed E-state index contributed by atoms with van der Waals surface area (Å²) in [5, 5.41) is 6.88. The first kappa shape index (κ1) is 13.3. The SMILES string of the molecule is Cn1cc(CNC(=O)CC(N)c2ccccc2)cn1. The van der Waals surface area contributed by atoms with Crippen molar-refractivity contribution >= 4 is 5.91 Å². The van der Waals surface area contributed by atoms with Crippen molar-refractivity contribution in [3.8, 4) is 0 Å². The molecule has 0 saturated heterocycles. The molecule has 0 saturated carbocycles. The fourth-order valence-electron chi connectivity index (χ4n) is 1.85. The van der Waals surface area contributed by atoms with Gasteiger partial charge in [0.2, 0.25) is 5.91 Å². The van der Waals surface area contributed by atoms with Crippen molar-refractivity contribution in [2.24, 2.45) is 12.8 Å². The summed E-state index contributed by atoms with van der Waals surface area (Å²) < 4.78 is 1.71. The molecule has 0 fully saturated rings. The lowest BCUT2D eigenvalue weighted by Crippen LogP contribution is -2.27. The molecule has 2 aromatic rings. The zero-order valence-electron chi connectivity index (χ0n) is 10.9. The van der Waals surface area contributed by atoms with Crippen LogP contribution in [0.2, 0.25) is 0 Å². The van der Waals surface area contributed by atoms with Crippen LogP contribution in [0.25, 0.3) is 0 Å². The number of benzene rings is 1. The summed E-state index contributed by atoms with van der Waals surface area (Å²) in [7, 11) is 1.84. The minimum absolute atomic E-state index is 0.0554. The number of nitrogens with two attached hydrogens (primary N) is 1. The van der Waals surface area contributed by atoms with Crippen LogP contribution in [0.1, 0.15) is 23.6 Å². The maximum absolute atomic E-state index is 11.8. The van der Waals surface area contributed by atoms with Gasteiger partial charge in [-0.3, -0.25) is 9.48 Å². The number of aromatic nitrogens is 2. The van der Waals surface area contributed by atoms with Gasteiger partial charge in [-0.05, 0) is 5.56 Å². The van der Waals surface area contributed by atoms with Gasteiger partial charge < -0.3 is 11.1 Å². The van der Waals surface area contributed by atoms with Crippen LogP contribution in [0.4, 0.5) is 0 Å². The summed E-state index contributed by atoms with van der Waals surface area (Å²) in [5.41, 5.74) is 7.94. The highest BCUT2D eigenvalue weighted by Crippen LogP contribution is 2.12. The van der Waals surface area contributed by atoms with E-state index in [1.165, 1.54) is 0 Å². The van der Waals surface area contributed by atoms with Crippen LogP contribution in [-0.4, -0.2) is 15.7 Å². The van der Waals surface area contributed by atoms with E-state index in [0.29, 0.717) is 6.54 Å². The molecule has 1 heterocycles.